The monoisotopic (exact) mass is 349 g/mol. The van der Waals surface area contributed by atoms with Crippen LogP contribution in [-0.4, -0.2) is 18.0 Å². The minimum Gasteiger partial charge on any atom is -0.369 e. The van der Waals surface area contributed by atoms with Gasteiger partial charge in [-0.2, -0.15) is 0 Å². The number of nitrogens with zero attached hydrogens (tertiary/aromatic N) is 2. The van der Waals surface area contributed by atoms with Crippen molar-refractivity contribution in [2.45, 2.75) is 45.6 Å². The van der Waals surface area contributed by atoms with Gasteiger partial charge in [-0.15, -0.1) is 0 Å². The van der Waals surface area contributed by atoms with Gasteiger partial charge in [-0.3, -0.25) is 4.99 Å². The van der Waals surface area contributed by atoms with Crippen molar-refractivity contribution in [2.75, 3.05) is 11.4 Å². The second kappa shape index (κ2) is 5.01. The molecular formula is C17H24BrN3. The van der Waals surface area contributed by atoms with Crippen molar-refractivity contribution in [1.82, 2.24) is 0 Å². The lowest BCUT2D eigenvalue weighted by Crippen LogP contribution is -2.57. The molecule has 1 spiro atoms. The van der Waals surface area contributed by atoms with E-state index in [1.165, 1.54) is 6.42 Å². The van der Waals surface area contributed by atoms with Crippen molar-refractivity contribution < 1.29 is 0 Å². The van der Waals surface area contributed by atoms with Crippen LogP contribution in [0.5, 0.6) is 0 Å². The second-order valence-corrected chi connectivity index (χ2v) is 8.48. The Kier molecular flexibility index (Phi) is 3.55. The average molecular weight is 350 g/mol. The summed E-state index contributed by atoms with van der Waals surface area (Å²) in [6, 6.07) is 8.39. The molecule has 2 aliphatic rings. The fourth-order valence-corrected chi connectivity index (χ4v) is 5.01. The molecule has 1 fully saturated rings. The summed E-state index contributed by atoms with van der Waals surface area (Å²) >= 11 is 3.57. The van der Waals surface area contributed by atoms with Gasteiger partial charge in [0.1, 0.15) is 0 Å². The molecule has 4 heteroatoms. The number of guanidine groups is 1. The highest BCUT2D eigenvalue weighted by molar-refractivity contribution is 9.10. The molecular weight excluding hydrogens is 326 g/mol. The average Bonchev–Trinajstić information content (AvgIpc) is 2.62. The van der Waals surface area contributed by atoms with E-state index in [-0.39, 0.29) is 5.54 Å². The van der Waals surface area contributed by atoms with E-state index in [0.29, 0.717) is 17.3 Å². The van der Waals surface area contributed by atoms with Gasteiger partial charge in [0.15, 0.2) is 5.96 Å². The first kappa shape index (κ1) is 14.9. The van der Waals surface area contributed by atoms with Gasteiger partial charge in [0.25, 0.3) is 0 Å². The molecule has 0 aromatic heterocycles. The Hall–Kier alpha value is -1.03. The lowest BCUT2D eigenvalue weighted by atomic mass is 9.64. The predicted molar refractivity (Wildman–Crippen MR) is 92.6 cm³/mol. The summed E-state index contributed by atoms with van der Waals surface area (Å²) in [4.78, 5) is 6.89. The molecule has 2 unspecified atom stereocenters. The molecule has 3 rings (SSSR count). The maximum atomic E-state index is 6.26. The van der Waals surface area contributed by atoms with Crippen molar-refractivity contribution >= 4 is 27.6 Å². The molecule has 0 radical (unpaired) electrons. The van der Waals surface area contributed by atoms with Crippen LogP contribution in [0.4, 0.5) is 5.69 Å². The molecule has 0 bridgehead atoms. The minimum absolute atomic E-state index is 0.0477. The van der Waals surface area contributed by atoms with Crippen LogP contribution in [-0.2, 0) is 0 Å². The maximum Gasteiger partial charge on any atom is 0.196 e. The first-order valence-corrected chi connectivity index (χ1v) is 8.46. The highest BCUT2D eigenvalue weighted by Gasteiger charge is 2.50. The van der Waals surface area contributed by atoms with Crippen molar-refractivity contribution in [3.8, 4) is 0 Å². The Balaban J connectivity index is 2.02. The van der Waals surface area contributed by atoms with Crippen molar-refractivity contribution in [1.29, 1.82) is 0 Å². The van der Waals surface area contributed by atoms with Gasteiger partial charge in [0.2, 0.25) is 0 Å². The van der Waals surface area contributed by atoms with Gasteiger partial charge in [-0.25, -0.2) is 0 Å². The van der Waals surface area contributed by atoms with Crippen LogP contribution in [0.25, 0.3) is 0 Å². The highest BCUT2D eigenvalue weighted by Crippen LogP contribution is 2.49. The van der Waals surface area contributed by atoms with E-state index < -0.39 is 0 Å². The second-order valence-electron chi connectivity index (χ2n) is 7.57. The van der Waals surface area contributed by atoms with Crippen LogP contribution >= 0.6 is 15.9 Å². The fraction of sp³-hybridized carbons (Fsp3) is 0.588. The van der Waals surface area contributed by atoms with Gasteiger partial charge in [0.05, 0.1) is 12.1 Å². The summed E-state index contributed by atoms with van der Waals surface area (Å²) in [7, 11) is 0. The highest BCUT2D eigenvalue weighted by atomic mass is 79.9. The molecule has 0 amide bonds. The van der Waals surface area contributed by atoms with Crippen molar-refractivity contribution in [3.05, 3.63) is 28.7 Å². The molecule has 1 aromatic carbocycles. The van der Waals surface area contributed by atoms with Gasteiger partial charge in [-0.1, -0.05) is 42.8 Å². The molecule has 2 N–H and O–H groups in total. The van der Waals surface area contributed by atoms with E-state index in [9.17, 15) is 0 Å². The van der Waals surface area contributed by atoms with E-state index in [1.807, 2.05) is 6.07 Å². The van der Waals surface area contributed by atoms with Crippen LogP contribution in [0.2, 0.25) is 0 Å². The number of benzene rings is 1. The van der Waals surface area contributed by atoms with E-state index in [0.717, 1.165) is 29.5 Å². The Bertz CT molecular complexity index is 581. The first-order valence-electron chi connectivity index (χ1n) is 7.67. The summed E-state index contributed by atoms with van der Waals surface area (Å²) in [5.41, 5.74) is 7.79. The minimum atomic E-state index is 0.0477. The number of anilines is 1. The molecule has 1 heterocycles. The molecule has 1 aromatic rings. The first-order chi connectivity index (χ1) is 9.81. The Morgan fingerprint density at radius 1 is 1.33 bits per heavy atom. The smallest absolute Gasteiger partial charge is 0.196 e. The predicted octanol–water partition coefficient (Wildman–Crippen LogP) is 4.17. The third-order valence-electron chi connectivity index (χ3n) is 4.74. The van der Waals surface area contributed by atoms with E-state index in [1.54, 1.807) is 0 Å². The molecule has 3 nitrogen and oxygen atoms in total. The number of nitrogens with two attached hydrogens (primary N) is 1. The zero-order chi connectivity index (χ0) is 15.3. The zero-order valence-corrected chi connectivity index (χ0v) is 14.7. The number of aliphatic imine (C=N–C) groups is 1. The quantitative estimate of drug-likeness (QED) is 0.826. The Morgan fingerprint density at radius 3 is 2.76 bits per heavy atom. The van der Waals surface area contributed by atoms with E-state index in [2.05, 4.69) is 64.8 Å². The zero-order valence-electron chi connectivity index (χ0n) is 13.1. The third-order valence-corrected chi connectivity index (χ3v) is 5.24. The summed E-state index contributed by atoms with van der Waals surface area (Å²) in [6.07, 6.45) is 3.58. The molecule has 2 atom stereocenters. The van der Waals surface area contributed by atoms with Gasteiger partial charge in [0, 0.05) is 10.2 Å². The number of hydrogen-bond donors (Lipinski definition) is 1. The summed E-state index contributed by atoms with van der Waals surface area (Å²) in [6.45, 7) is 7.92. The third kappa shape index (κ3) is 2.70. The molecule has 1 saturated carbocycles. The SMILES string of the molecule is CC1CC(C)(C)CC2(CN=C(N)N2c2cccc(Br)c2)C1. The molecule has 114 valence electrons. The van der Waals surface area contributed by atoms with Crippen LogP contribution in [0.15, 0.2) is 33.7 Å². The topological polar surface area (TPSA) is 41.6 Å². The van der Waals surface area contributed by atoms with Crippen LogP contribution < -0.4 is 10.6 Å². The van der Waals surface area contributed by atoms with Crippen LogP contribution in [0, 0.1) is 11.3 Å². The number of halogens is 1. The molecule has 21 heavy (non-hydrogen) atoms. The summed E-state index contributed by atoms with van der Waals surface area (Å²) in [5, 5.41) is 0. The lowest BCUT2D eigenvalue weighted by molar-refractivity contribution is 0.119. The number of hydrogen-bond acceptors (Lipinski definition) is 3. The molecule has 1 aliphatic carbocycles. The largest absolute Gasteiger partial charge is 0.369 e. The summed E-state index contributed by atoms with van der Waals surface area (Å²) < 4.78 is 1.08. The number of rotatable bonds is 1. The summed E-state index contributed by atoms with van der Waals surface area (Å²) in [5.74, 6) is 1.36. The molecule has 0 saturated heterocycles. The molecule has 1 aliphatic heterocycles. The Morgan fingerprint density at radius 2 is 2.10 bits per heavy atom. The Labute approximate surface area is 135 Å². The van der Waals surface area contributed by atoms with E-state index in [4.69, 9.17) is 5.73 Å². The van der Waals surface area contributed by atoms with E-state index >= 15 is 0 Å². The van der Waals surface area contributed by atoms with Crippen molar-refractivity contribution in [2.24, 2.45) is 22.1 Å². The standard InChI is InChI=1S/C17H24BrN3/c1-12-8-16(2,3)10-17(9-12)11-20-15(19)21(17)14-6-4-5-13(18)7-14/h4-7,12H,8-11H2,1-3H3,(H2,19,20). The maximum absolute atomic E-state index is 6.26. The van der Waals surface area contributed by atoms with Crippen LogP contribution in [0.1, 0.15) is 40.0 Å². The van der Waals surface area contributed by atoms with Crippen molar-refractivity contribution in [3.63, 3.8) is 0 Å². The van der Waals surface area contributed by atoms with Gasteiger partial charge < -0.3 is 10.6 Å². The van der Waals surface area contributed by atoms with Gasteiger partial charge >= 0.3 is 0 Å². The normalized spacial score (nSPS) is 31.5. The lowest BCUT2D eigenvalue weighted by Gasteiger charge is -2.50. The van der Waals surface area contributed by atoms with Gasteiger partial charge in [-0.05, 0) is 48.8 Å². The van der Waals surface area contributed by atoms with Crippen LogP contribution in [0.3, 0.4) is 0 Å². The fourth-order valence-electron chi connectivity index (χ4n) is 4.62.